The monoisotopic (exact) mass is 776 g/mol. The molecule has 6 heteroatoms. The summed E-state index contributed by atoms with van der Waals surface area (Å²) in [5.74, 6) is -0.0894. The topological polar surface area (TPSA) is 95.9 Å². The fourth-order valence-corrected chi connectivity index (χ4v) is 7.21. The van der Waals surface area contributed by atoms with Gasteiger partial charge in [-0.2, -0.15) is 0 Å². The van der Waals surface area contributed by atoms with Gasteiger partial charge in [0.1, 0.15) is 0 Å². The van der Waals surface area contributed by atoms with E-state index in [9.17, 15) is 19.8 Å². The second-order valence-electron chi connectivity index (χ2n) is 16.4. The van der Waals surface area contributed by atoms with Crippen molar-refractivity contribution in [2.24, 2.45) is 0 Å². The standard InChI is InChI=1S/C49H93NO5/c1-3-5-7-9-11-13-14-15-16-17-20-23-27-31-35-39-43-49(54)55-44-40-36-32-28-24-21-18-19-22-26-30-34-38-42-48(53)50-46(45-51)47(52)41-37-33-29-25-12-10-8-6-4-2/h16-17,19,22,46-47,51-52H,3-15,18,20-21,23-45H2,1-2H3,(H,50,53)/b17-16-,22-19-. The second kappa shape index (κ2) is 45.0. The van der Waals surface area contributed by atoms with E-state index in [1.807, 2.05) is 0 Å². The highest BCUT2D eigenvalue weighted by molar-refractivity contribution is 5.76. The third kappa shape index (κ3) is 41.8. The summed E-state index contributed by atoms with van der Waals surface area (Å²) in [7, 11) is 0. The van der Waals surface area contributed by atoms with Crippen LogP contribution >= 0.6 is 0 Å². The van der Waals surface area contributed by atoms with E-state index in [0.717, 1.165) is 70.6 Å². The molecule has 2 unspecified atom stereocenters. The van der Waals surface area contributed by atoms with Gasteiger partial charge >= 0.3 is 5.97 Å². The van der Waals surface area contributed by atoms with E-state index in [-0.39, 0.29) is 18.5 Å². The van der Waals surface area contributed by atoms with Gasteiger partial charge in [-0.3, -0.25) is 9.59 Å². The van der Waals surface area contributed by atoms with E-state index in [1.54, 1.807) is 0 Å². The molecule has 0 aromatic heterocycles. The van der Waals surface area contributed by atoms with Gasteiger partial charge in [0.25, 0.3) is 0 Å². The third-order valence-corrected chi connectivity index (χ3v) is 11.0. The highest BCUT2D eigenvalue weighted by Gasteiger charge is 2.20. The normalized spacial score (nSPS) is 12.9. The molecule has 0 aromatic carbocycles. The molecule has 0 saturated heterocycles. The first-order valence-corrected chi connectivity index (χ1v) is 24.1. The molecule has 0 radical (unpaired) electrons. The van der Waals surface area contributed by atoms with Crippen molar-refractivity contribution in [3.8, 4) is 0 Å². The number of esters is 1. The summed E-state index contributed by atoms with van der Waals surface area (Å²) >= 11 is 0. The van der Waals surface area contributed by atoms with Crippen LogP contribution in [0, 0.1) is 0 Å². The van der Waals surface area contributed by atoms with Gasteiger partial charge in [-0.1, -0.05) is 186 Å². The van der Waals surface area contributed by atoms with Crippen molar-refractivity contribution in [1.29, 1.82) is 0 Å². The van der Waals surface area contributed by atoms with E-state index in [2.05, 4.69) is 43.5 Å². The Hall–Kier alpha value is -1.66. The molecule has 0 aliphatic carbocycles. The minimum atomic E-state index is -0.679. The number of rotatable bonds is 44. The third-order valence-electron chi connectivity index (χ3n) is 11.0. The van der Waals surface area contributed by atoms with Gasteiger partial charge in [0.2, 0.25) is 5.91 Å². The highest BCUT2D eigenvalue weighted by Crippen LogP contribution is 2.15. The number of hydrogen-bond acceptors (Lipinski definition) is 5. The Kier molecular flexibility index (Phi) is 43.7. The summed E-state index contributed by atoms with van der Waals surface area (Å²) < 4.78 is 5.45. The second-order valence-corrected chi connectivity index (χ2v) is 16.4. The van der Waals surface area contributed by atoms with Crippen LogP contribution in [0.5, 0.6) is 0 Å². The average molecular weight is 776 g/mol. The number of aliphatic hydroxyl groups is 2. The maximum atomic E-state index is 12.4. The van der Waals surface area contributed by atoms with Crippen LogP contribution in [0.3, 0.4) is 0 Å². The molecule has 0 fully saturated rings. The SMILES string of the molecule is CCCCCCCCC/C=C\CCCCCCCC(=O)OCCCCCCCC/C=C\CCCCCC(=O)NC(CO)C(O)CCCCCCCCCCC. The van der Waals surface area contributed by atoms with Crippen molar-refractivity contribution in [1.82, 2.24) is 5.32 Å². The van der Waals surface area contributed by atoms with E-state index < -0.39 is 12.1 Å². The van der Waals surface area contributed by atoms with Crippen LogP contribution in [0.15, 0.2) is 24.3 Å². The largest absolute Gasteiger partial charge is 0.466 e. The van der Waals surface area contributed by atoms with E-state index in [1.165, 1.54) is 148 Å². The van der Waals surface area contributed by atoms with Gasteiger partial charge < -0.3 is 20.3 Å². The van der Waals surface area contributed by atoms with E-state index in [0.29, 0.717) is 25.9 Å². The van der Waals surface area contributed by atoms with Gasteiger partial charge in [0.05, 0.1) is 25.4 Å². The molecule has 0 saturated carbocycles. The highest BCUT2D eigenvalue weighted by atomic mass is 16.5. The Morgan fingerprint density at radius 2 is 0.855 bits per heavy atom. The van der Waals surface area contributed by atoms with Crippen molar-refractivity contribution in [2.45, 2.75) is 264 Å². The molecule has 0 aromatic rings. The Bertz CT molecular complexity index is 858. The Balaban J connectivity index is 3.48. The molecular formula is C49H93NO5. The lowest BCUT2D eigenvalue weighted by Gasteiger charge is -2.22. The molecule has 0 rings (SSSR count). The number of allylic oxidation sites excluding steroid dienone is 4. The number of hydrogen-bond donors (Lipinski definition) is 3. The molecule has 0 heterocycles. The minimum Gasteiger partial charge on any atom is -0.466 e. The molecule has 3 N–H and O–H groups in total. The van der Waals surface area contributed by atoms with Gasteiger partial charge in [-0.15, -0.1) is 0 Å². The van der Waals surface area contributed by atoms with Gasteiger partial charge in [-0.05, 0) is 77.0 Å². The molecule has 324 valence electrons. The zero-order valence-corrected chi connectivity index (χ0v) is 36.7. The molecular weight excluding hydrogens is 683 g/mol. The minimum absolute atomic E-state index is 0.0208. The smallest absolute Gasteiger partial charge is 0.305 e. The Morgan fingerprint density at radius 3 is 1.31 bits per heavy atom. The van der Waals surface area contributed by atoms with Crippen LogP contribution < -0.4 is 5.32 Å². The van der Waals surface area contributed by atoms with Gasteiger partial charge in [0.15, 0.2) is 0 Å². The molecule has 55 heavy (non-hydrogen) atoms. The summed E-state index contributed by atoms with van der Waals surface area (Å²) in [6, 6.07) is -0.559. The number of amides is 1. The molecule has 0 bridgehead atoms. The van der Waals surface area contributed by atoms with Crippen LogP contribution in [0.4, 0.5) is 0 Å². The van der Waals surface area contributed by atoms with Crippen molar-refractivity contribution in [3.63, 3.8) is 0 Å². The zero-order chi connectivity index (χ0) is 40.1. The van der Waals surface area contributed by atoms with E-state index >= 15 is 0 Å². The van der Waals surface area contributed by atoms with Crippen LogP contribution in [0.2, 0.25) is 0 Å². The predicted octanol–water partition coefficient (Wildman–Crippen LogP) is 14.0. The molecule has 6 nitrogen and oxygen atoms in total. The number of carbonyl (C=O) groups excluding carboxylic acids is 2. The predicted molar refractivity (Wildman–Crippen MR) is 236 cm³/mol. The lowest BCUT2D eigenvalue weighted by Crippen LogP contribution is -2.45. The number of ether oxygens (including phenoxy) is 1. The lowest BCUT2D eigenvalue weighted by atomic mass is 10.0. The summed E-state index contributed by atoms with van der Waals surface area (Å²) in [5.41, 5.74) is 0. The average Bonchev–Trinajstić information content (AvgIpc) is 3.18. The zero-order valence-electron chi connectivity index (χ0n) is 36.7. The fraction of sp³-hybridized carbons (Fsp3) is 0.878. The van der Waals surface area contributed by atoms with Crippen LogP contribution in [0.1, 0.15) is 251 Å². The summed E-state index contributed by atoms with van der Waals surface area (Å²) in [4.78, 5) is 24.4. The molecule has 0 spiro atoms. The summed E-state index contributed by atoms with van der Waals surface area (Å²) in [6.45, 7) is 4.87. The Labute approximate surface area is 341 Å². The van der Waals surface area contributed by atoms with Crippen LogP contribution in [-0.2, 0) is 14.3 Å². The first-order chi connectivity index (χ1) is 27.0. The summed E-state index contributed by atoms with van der Waals surface area (Å²) in [5, 5.41) is 23.0. The van der Waals surface area contributed by atoms with Gasteiger partial charge in [-0.25, -0.2) is 0 Å². The van der Waals surface area contributed by atoms with Crippen LogP contribution in [0.25, 0.3) is 0 Å². The maximum absolute atomic E-state index is 12.4. The maximum Gasteiger partial charge on any atom is 0.305 e. The number of unbranched alkanes of at least 4 members (excludes halogenated alkanes) is 29. The van der Waals surface area contributed by atoms with Crippen molar-refractivity contribution >= 4 is 11.9 Å². The first kappa shape index (κ1) is 53.3. The number of aliphatic hydroxyl groups excluding tert-OH is 2. The lowest BCUT2D eigenvalue weighted by molar-refractivity contribution is -0.143. The van der Waals surface area contributed by atoms with Crippen LogP contribution in [-0.4, -0.2) is 47.4 Å². The molecule has 0 aliphatic rings. The molecule has 1 amide bonds. The Morgan fingerprint density at radius 1 is 0.491 bits per heavy atom. The van der Waals surface area contributed by atoms with Crippen molar-refractivity contribution in [3.05, 3.63) is 24.3 Å². The van der Waals surface area contributed by atoms with E-state index in [4.69, 9.17) is 4.74 Å². The van der Waals surface area contributed by atoms with Crippen molar-refractivity contribution in [2.75, 3.05) is 13.2 Å². The van der Waals surface area contributed by atoms with Crippen molar-refractivity contribution < 1.29 is 24.5 Å². The molecule has 2 atom stereocenters. The number of carbonyl (C=O) groups is 2. The van der Waals surface area contributed by atoms with Gasteiger partial charge in [0, 0.05) is 12.8 Å². The fourth-order valence-electron chi connectivity index (χ4n) is 7.21. The first-order valence-electron chi connectivity index (χ1n) is 24.1. The number of nitrogens with one attached hydrogen (secondary N) is 1. The molecule has 0 aliphatic heterocycles. The summed E-state index contributed by atoms with van der Waals surface area (Å²) in [6.07, 6.45) is 51.5. The quantitative estimate of drug-likeness (QED) is 0.0325.